The molecule has 0 saturated carbocycles. The third-order valence-electron chi connectivity index (χ3n) is 5.02. The SMILES string of the molecule is COc1cccc(-c2cc(C)c(N)c(N)c2-c2ncc3ccccc3n2)c1OC. The third-order valence-corrected chi connectivity index (χ3v) is 5.02. The normalized spacial score (nSPS) is 10.9. The van der Waals surface area contributed by atoms with Crippen LogP contribution in [0.25, 0.3) is 33.4 Å². The Morgan fingerprint density at radius 2 is 1.66 bits per heavy atom. The Morgan fingerprint density at radius 1 is 0.862 bits per heavy atom. The van der Waals surface area contributed by atoms with Crippen LogP contribution in [0, 0.1) is 6.92 Å². The number of fused-ring (bicyclic) bond motifs is 1. The van der Waals surface area contributed by atoms with Crippen LogP contribution < -0.4 is 20.9 Å². The number of anilines is 2. The lowest BCUT2D eigenvalue weighted by Gasteiger charge is -2.19. The van der Waals surface area contributed by atoms with Gasteiger partial charge in [0, 0.05) is 17.1 Å². The van der Waals surface area contributed by atoms with Crippen LogP contribution >= 0.6 is 0 Å². The van der Waals surface area contributed by atoms with Crippen molar-refractivity contribution in [2.75, 3.05) is 25.7 Å². The lowest BCUT2D eigenvalue weighted by Crippen LogP contribution is -2.05. The summed E-state index contributed by atoms with van der Waals surface area (Å²) < 4.78 is 11.1. The first-order chi connectivity index (χ1) is 14.0. The minimum absolute atomic E-state index is 0.445. The minimum Gasteiger partial charge on any atom is -0.493 e. The van der Waals surface area contributed by atoms with Gasteiger partial charge in [-0.05, 0) is 36.2 Å². The van der Waals surface area contributed by atoms with Crippen LogP contribution in [-0.2, 0) is 0 Å². The maximum absolute atomic E-state index is 6.48. The van der Waals surface area contributed by atoms with Crippen molar-refractivity contribution in [1.82, 2.24) is 9.97 Å². The summed E-state index contributed by atoms with van der Waals surface area (Å²) in [5, 5.41) is 0.954. The lowest BCUT2D eigenvalue weighted by atomic mass is 9.93. The smallest absolute Gasteiger partial charge is 0.168 e. The van der Waals surface area contributed by atoms with E-state index in [0.717, 1.165) is 27.6 Å². The highest BCUT2D eigenvalue weighted by Crippen LogP contribution is 2.45. The van der Waals surface area contributed by atoms with Crippen LogP contribution in [0.5, 0.6) is 11.5 Å². The van der Waals surface area contributed by atoms with Gasteiger partial charge < -0.3 is 20.9 Å². The van der Waals surface area contributed by atoms with Crippen LogP contribution in [0.1, 0.15) is 5.56 Å². The largest absolute Gasteiger partial charge is 0.493 e. The summed E-state index contributed by atoms with van der Waals surface area (Å²) in [5.74, 6) is 1.75. The number of ether oxygens (including phenoxy) is 2. The van der Waals surface area contributed by atoms with E-state index in [1.54, 1.807) is 20.4 Å². The van der Waals surface area contributed by atoms with Crippen molar-refractivity contribution in [3.05, 3.63) is 60.3 Å². The van der Waals surface area contributed by atoms with Crippen LogP contribution in [0.15, 0.2) is 54.7 Å². The molecule has 0 atom stereocenters. The zero-order chi connectivity index (χ0) is 20.5. The fraction of sp³-hybridized carbons (Fsp3) is 0.130. The molecule has 6 heteroatoms. The molecule has 0 unspecified atom stereocenters. The molecular weight excluding hydrogens is 364 g/mol. The summed E-state index contributed by atoms with van der Waals surface area (Å²) >= 11 is 0. The van der Waals surface area contributed by atoms with E-state index in [-0.39, 0.29) is 0 Å². The molecular formula is C23H22N4O2. The summed E-state index contributed by atoms with van der Waals surface area (Å²) in [6.45, 7) is 1.92. The third kappa shape index (κ3) is 3.08. The second kappa shape index (κ2) is 7.31. The number of nitrogens with two attached hydrogens (primary N) is 2. The highest BCUT2D eigenvalue weighted by molar-refractivity contribution is 5.97. The lowest BCUT2D eigenvalue weighted by molar-refractivity contribution is 0.356. The fourth-order valence-corrected chi connectivity index (χ4v) is 3.50. The van der Waals surface area contributed by atoms with E-state index in [9.17, 15) is 0 Å². The second-order valence-corrected chi connectivity index (χ2v) is 6.74. The average molecular weight is 386 g/mol. The Balaban J connectivity index is 2.06. The van der Waals surface area contributed by atoms with Crippen LogP contribution in [0.3, 0.4) is 0 Å². The predicted molar refractivity (Wildman–Crippen MR) is 117 cm³/mol. The first-order valence-corrected chi connectivity index (χ1v) is 9.17. The van der Waals surface area contributed by atoms with Gasteiger partial charge in [0.2, 0.25) is 0 Å². The van der Waals surface area contributed by atoms with E-state index < -0.39 is 0 Å². The van der Waals surface area contributed by atoms with Gasteiger partial charge in [-0.25, -0.2) is 9.97 Å². The summed E-state index contributed by atoms with van der Waals surface area (Å²) in [6.07, 6.45) is 1.79. The molecule has 0 radical (unpaired) electrons. The second-order valence-electron chi connectivity index (χ2n) is 6.74. The zero-order valence-corrected chi connectivity index (χ0v) is 16.6. The van der Waals surface area contributed by atoms with E-state index in [4.69, 9.17) is 25.9 Å². The van der Waals surface area contributed by atoms with E-state index in [0.29, 0.717) is 34.3 Å². The van der Waals surface area contributed by atoms with E-state index in [2.05, 4.69) is 4.98 Å². The molecule has 1 aromatic heterocycles. The number of aryl methyl sites for hydroxylation is 1. The molecule has 0 spiro atoms. The van der Waals surface area contributed by atoms with Gasteiger partial charge in [0.15, 0.2) is 17.3 Å². The quantitative estimate of drug-likeness (QED) is 0.503. The van der Waals surface area contributed by atoms with Crippen molar-refractivity contribution in [3.63, 3.8) is 0 Å². The molecule has 4 N–H and O–H groups in total. The Labute approximate surface area is 169 Å². The van der Waals surface area contributed by atoms with Gasteiger partial charge in [-0.15, -0.1) is 0 Å². The van der Waals surface area contributed by atoms with Crippen molar-refractivity contribution < 1.29 is 9.47 Å². The predicted octanol–water partition coefficient (Wildman–Crippen LogP) is 4.45. The van der Waals surface area contributed by atoms with Crippen molar-refractivity contribution in [2.45, 2.75) is 6.92 Å². The van der Waals surface area contributed by atoms with Gasteiger partial charge >= 0.3 is 0 Å². The number of hydrogen-bond acceptors (Lipinski definition) is 6. The van der Waals surface area contributed by atoms with Gasteiger partial charge in [-0.1, -0.05) is 30.3 Å². The molecule has 0 aliphatic heterocycles. The maximum atomic E-state index is 6.48. The maximum Gasteiger partial charge on any atom is 0.168 e. The Bertz CT molecular complexity index is 1220. The monoisotopic (exact) mass is 386 g/mol. The van der Waals surface area contributed by atoms with Gasteiger partial charge in [0.05, 0.1) is 36.7 Å². The standard InChI is InChI=1S/C23H22N4O2/c1-13-11-16(15-8-6-10-18(28-2)22(15)29-3)19(21(25)20(13)24)23-26-12-14-7-4-5-9-17(14)27-23/h4-12H,24-25H2,1-3H3. The summed E-state index contributed by atoms with van der Waals surface area (Å²) in [7, 11) is 3.22. The minimum atomic E-state index is 0.445. The topological polar surface area (TPSA) is 96.3 Å². The molecule has 146 valence electrons. The molecule has 0 bridgehead atoms. The van der Waals surface area contributed by atoms with Gasteiger partial charge in [-0.3, -0.25) is 0 Å². The molecule has 4 aromatic rings. The van der Waals surface area contributed by atoms with Crippen molar-refractivity contribution in [1.29, 1.82) is 0 Å². The van der Waals surface area contributed by atoms with E-state index in [1.165, 1.54) is 0 Å². The molecule has 0 fully saturated rings. The molecule has 29 heavy (non-hydrogen) atoms. The highest BCUT2D eigenvalue weighted by Gasteiger charge is 2.21. The first kappa shape index (κ1) is 18.6. The van der Waals surface area contributed by atoms with Crippen molar-refractivity contribution in [2.24, 2.45) is 0 Å². The first-order valence-electron chi connectivity index (χ1n) is 9.17. The molecule has 0 amide bonds. The number of hydrogen-bond donors (Lipinski definition) is 2. The van der Waals surface area contributed by atoms with E-state index >= 15 is 0 Å². The van der Waals surface area contributed by atoms with Gasteiger partial charge in [0.25, 0.3) is 0 Å². The zero-order valence-electron chi connectivity index (χ0n) is 16.6. The number of methoxy groups -OCH3 is 2. The molecule has 3 aromatic carbocycles. The Morgan fingerprint density at radius 3 is 2.41 bits per heavy atom. The van der Waals surface area contributed by atoms with Crippen LogP contribution in [0.4, 0.5) is 11.4 Å². The van der Waals surface area contributed by atoms with Crippen LogP contribution in [-0.4, -0.2) is 24.2 Å². The molecule has 6 nitrogen and oxygen atoms in total. The molecule has 1 heterocycles. The average Bonchev–Trinajstić information content (AvgIpc) is 2.76. The number of aromatic nitrogens is 2. The van der Waals surface area contributed by atoms with Gasteiger partial charge in [0.1, 0.15) is 0 Å². The number of para-hydroxylation sites is 2. The molecule has 0 aliphatic rings. The van der Waals surface area contributed by atoms with Crippen molar-refractivity contribution in [3.8, 4) is 34.0 Å². The fourth-order valence-electron chi connectivity index (χ4n) is 3.50. The number of rotatable bonds is 4. The summed E-state index contributed by atoms with van der Waals surface area (Å²) in [6, 6.07) is 15.5. The molecule has 4 rings (SSSR count). The summed E-state index contributed by atoms with van der Waals surface area (Å²) in [4.78, 5) is 9.32. The molecule has 0 saturated heterocycles. The van der Waals surface area contributed by atoms with E-state index in [1.807, 2.05) is 55.5 Å². The van der Waals surface area contributed by atoms with Crippen molar-refractivity contribution >= 4 is 22.3 Å². The molecule has 0 aliphatic carbocycles. The van der Waals surface area contributed by atoms with Crippen LogP contribution in [0.2, 0.25) is 0 Å². The Kier molecular flexibility index (Phi) is 4.68. The number of nitrogen functional groups attached to an aromatic ring is 2. The number of nitrogens with zero attached hydrogens (tertiary/aromatic N) is 2. The number of benzene rings is 3. The summed E-state index contributed by atoms with van der Waals surface area (Å²) in [5.41, 5.74) is 17.7. The van der Waals surface area contributed by atoms with Gasteiger partial charge in [-0.2, -0.15) is 0 Å². The Hall–Kier alpha value is -3.80. The highest BCUT2D eigenvalue weighted by atomic mass is 16.5.